The van der Waals surface area contributed by atoms with Crippen molar-refractivity contribution < 1.29 is 14.3 Å². The number of carbonyl (C=O) groups excluding carboxylic acids is 2. The largest absolute Gasteiger partial charge is 0.494 e. The van der Waals surface area contributed by atoms with E-state index in [-0.39, 0.29) is 11.8 Å². The molecule has 0 aliphatic carbocycles. The fourth-order valence-corrected chi connectivity index (χ4v) is 1.66. The Bertz CT molecular complexity index is 429. The molecule has 110 valence electrons. The van der Waals surface area contributed by atoms with Gasteiger partial charge in [-0.25, -0.2) is 0 Å². The molecule has 1 aromatic carbocycles. The Morgan fingerprint density at radius 2 is 1.70 bits per heavy atom. The molecular weight excluding hydrogens is 256 g/mol. The minimum Gasteiger partial charge on any atom is -0.494 e. The summed E-state index contributed by atoms with van der Waals surface area (Å²) in [6.45, 7) is 5.33. The van der Waals surface area contributed by atoms with E-state index in [2.05, 4.69) is 10.6 Å². The van der Waals surface area contributed by atoms with Crippen LogP contribution in [-0.4, -0.2) is 31.5 Å². The highest BCUT2D eigenvalue weighted by atomic mass is 16.5. The van der Waals surface area contributed by atoms with Gasteiger partial charge in [0, 0.05) is 25.1 Å². The molecule has 0 spiro atoms. The van der Waals surface area contributed by atoms with Crippen molar-refractivity contribution in [2.45, 2.75) is 26.7 Å². The predicted octanol–water partition coefficient (Wildman–Crippen LogP) is 1.73. The molecule has 20 heavy (non-hydrogen) atoms. The molecule has 2 amide bonds. The van der Waals surface area contributed by atoms with Gasteiger partial charge in [0.1, 0.15) is 5.75 Å². The van der Waals surface area contributed by atoms with Gasteiger partial charge < -0.3 is 15.4 Å². The van der Waals surface area contributed by atoms with Gasteiger partial charge in [0.15, 0.2) is 0 Å². The molecule has 0 saturated heterocycles. The van der Waals surface area contributed by atoms with Crippen molar-refractivity contribution in [3.8, 4) is 5.75 Å². The zero-order valence-electron chi connectivity index (χ0n) is 12.1. The van der Waals surface area contributed by atoms with Gasteiger partial charge in [0.2, 0.25) is 5.91 Å². The number of nitrogens with one attached hydrogen (secondary N) is 2. The molecular formula is C15H22N2O3. The number of hydrogen-bond donors (Lipinski definition) is 2. The van der Waals surface area contributed by atoms with Crippen LogP contribution in [0, 0.1) is 0 Å². The summed E-state index contributed by atoms with van der Waals surface area (Å²) in [4.78, 5) is 23.0. The van der Waals surface area contributed by atoms with Gasteiger partial charge in [-0.3, -0.25) is 9.59 Å². The first-order valence-corrected chi connectivity index (χ1v) is 6.95. The Balaban J connectivity index is 2.30. The first-order valence-electron chi connectivity index (χ1n) is 6.95. The fraction of sp³-hybridized carbons (Fsp3) is 0.467. The number of carbonyl (C=O) groups is 2. The third-order valence-corrected chi connectivity index (χ3v) is 2.64. The molecule has 0 aliphatic heterocycles. The molecule has 0 atom stereocenters. The van der Waals surface area contributed by atoms with E-state index >= 15 is 0 Å². The van der Waals surface area contributed by atoms with Crippen molar-refractivity contribution >= 4 is 11.8 Å². The number of amides is 2. The van der Waals surface area contributed by atoms with Crippen LogP contribution in [0.2, 0.25) is 0 Å². The average Bonchev–Trinajstić information content (AvgIpc) is 2.45. The monoisotopic (exact) mass is 278 g/mol. The number of ether oxygens (including phenoxy) is 1. The van der Waals surface area contributed by atoms with Crippen LogP contribution in [0.3, 0.4) is 0 Å². The first-order chi connectivity index (χ1) is 9.67. The Hall–Kier alpha value is -2.04. The van der Waals surface area contributed by atoms with E-state index in [1.54, 1.807) is 24.3 Å². The molecule has 0 unspecified atom stereocenters. The summed E-state index contributed by atoms with van der Waals surface area (Å²) < 4.78 is 5.31. The second kappa shape index (κ2) is 8.96. The van der Waals surface area contributed by atoms with Crippen LogP contribution in [0.1, 0.15) is 37.0 Å². The van der Waals surface area contributed by atoms with Gasteiger partial charge in [-0.05, 0) is 37.6 Å². The molecule has 0 heterocycles. The molecule has 1 aromatic rings. The zero-order chi connectivity index (χ0) is 14.8. The Kier molecular flexibility index (Phi) is 7.17. The maximum Gasteiger partial charge on any atom is 0.251 e. The van der Waals surface area contributed by atoms with Crippen LogP contribution in [0.25, 0.3) is 0 Å². The van der Waals surface area contributed by atoms with E-state index in [0.29, 0.717) is 31.7 Å². The molecule has 0 radical (unpaired) electrons. The molecule has 5 nitrogen and oxygen atoms in total. The Morgan fingerprint density at radius 3 is 2.30 bits per heavy atom. The first kappa shape index (κ1) is 16.0. The van der Waals surface area contributed by atoms with Gasteiger partial charge in [0.05, 0.1) is 6.61 Å². The summed E-state index contributed by atoms with van der Waals surface area (Å²) in [7, 11) is 0. The predicted molar refractivity (Wildman–Crippen MR) is 77.9 cm³/mol. The highest BCUT2D eigenvalue weighted by Crippen LogP contribution is 2.11. The second-order valence-corrected chi connectivity index (χ2v) is 4.31. The highest BCUT2D eigenvalue weighted by molar-refractivity contribution is 5.94. The quantitative estimate of drug-likeness (QED) is 0.712. The minimum atomic E-state index is -0.155. The fourth-order valence-electron chi connectivity index (χ4n) is 1.66. The lowest BCUT2D eigenvalue weighted by molar-refractivity contribution is -0.121. The maximum atomic E-state index is 11.8. The molecule has 0 aromatic heterocycles. The SMILES string of the molecule is CCCC(=O)NCCNC(=O)c1ccc(OCC)cc1. The van der Waals surface area contributed by atoms with Crippen LogP contribution in [0.5, 0.6) is 5.75 Å². The lowest BCUT2D eigenvalue weighted by Crippen LogP contribution is -2.34. The summed E-state index contributed by atoms with van der Waals surface area (Å²) in [6.07, 6.45) is 1.34. The number of rotatable bonds is 8. The van der Waals surface area contributed by atoms with Gasteiger partial charge in [-0.15, -0.1) is 0 Å². The van der Waals surface area contributed by atoms with Crippen LogP contribution in [0.4, 0.5) is 0 Å². The molecule has 0 aliphatic rings. The number of hydrogen-bond acceptors (Lipinski definition) is 3. The highest BCUT2D eigenvalue weighted by Gasteiger charge is 2.05. The van der Waals surface area contributed by atoms with E-state index in [1.807, 2.05) is 13.8 Å². The summed E-state index contributed by atoms with van der Waals surface area (Å²) >= 11 is 0. The molecule has 1 rings (SSSR count). The normalized spacial score (nSPS) is 9.90. The summed E-state index contributed by atoms with van der Waals surface area (Å²) in [5.74, 6) is 0.608. The summed E-state index contributed by atoms with van der Waals surface area (Å²) in [5, 5.41) is 5.50. The average molecular weight is 278 g/mol. The lowest BCUT2D eigenvalue weighted by Gasteiger charge is -2.07. The van der Waals surface area contributed by atoms with E-state index < -0.39 is 0 Å². The molecule has 0 fully saturated rings. The van der Waals surface area contributed by atoms with Gasteiger partial charge >= 0.3 is 0 Å². The molecule has 2 N–H and O–H groups in total. The van der Waals surface area contributed by atoms with E-state index in [9.17, 15) is 9.59 Å². The van der Waals surface area contributed by atoms with Crippen molar-refractivity contribution in [3.05, 3.63) is 29.8 Å². The van der Waals surface area contributed by atoms with Crippen molar-refractivity contribution in [2.75, 3.05) is 19.7 Å². The molecule has 0 saturated carbocycles. The van der Waals surface area contributed by atoms with Crippen molar-refractivity contribution in [3.63, 3.8) is 0 Å². The number of benzene rings is 1. The zero-order valence-corrected chi connectivity index (χ0v) is 12.1. The van der Waals surface area contributed by atoms with Gasteiger partial charge in [0.25, 0.3) is 5.91 Å². The minimum absolute atomic E-state index is 0.0165. The summed E-state index contributed by atoms with van der Waals surface area (Å²) in [5.41, 5.74) is 0.577. The third-order valence-electron chi connectivity index (χ3n) is 2.64. The van der Waals surface area contributed by atoms with E-state index in [0.717, 1.165) is 12.2 Å². The van der Waals surface area contributed by atoms with Crippen LogP contribution in [0.15, 0.2) is 24.3 Å². The maximum absolute atomic E-state index is 11.8. The lowest BCUT2D eigenvalue weighted by atomic mass is 10.2. The second-order valence-electron chi connectivity index (χ2n) is 4.31. The Morgan fingerprint density at radius 1 is 1.05 bits per heavy atom. The van der Waals surface area contributed by atoms with Gasteiger partial charge in [-0.1, -0.05) is 6.92 Å². The Labute approximate surface area is 119 Å². The van der Waals surface area contributed by atoms with Crippen LogP contribution < -0.4 is 15.4 Å². The third kappa shape index (κ3) is 5.73. The van der Waals surface area contributed by atoms with Crippen LogP contribution in [-0.2, 0) is 4.79 Å². The molecule has 0 bridgehead atoms. The molecule has 5 heteroatoms. The topological polar surface area (TPSA) is 67.4 Å². The van der Waals surface area contributed by atoms with Crippen LogP contribution >= 0.6 is 0 Å². The summed E-state index contributed by atoms with van der Waals surface area (Å²) in [6, 6.07) is 6.97. The van der Waals surface area contributed by atoms with Crippen molar-refractivity contribution in [1.82, 2.24) is 10.6 Å². The smallest absolute Gasteiger partial charge is 0.251 e. The van der Waals surface area contributed by atoms with E-state index in [1.165, 1.54) is 0 Å². The standard InChI is InChI=1S/C15H22N2O3/c1-3-5-14(18)16-10-11-17-15(19)12-6-8-13(9-7-12)20-4-2/h6-9H,3-5,10-11H2,1-2H3,(H,16,18)(H,17,19). The van der Waals surface area contributed by atoms with Gasteiger partial charge in [-0.2, -0.15) is 0 Å². The van der Waals surface area contributed by atoms with E-state index in [4.69, 9.17) is 4.74 Å². The van der Waals surface area contributed by atoms with Crippen molar-refractivity contribution in [2.24, 2.45) is 0 Å². The van der Waals surface area contributed by atoms with Crippen molar-refractivity contribution in [1.29, 1.82) is 0 Å².